The molecule has 2 aliphatic rings. The zero-order valence-electron chi connectivity index (χ0n) is 15.7. The van der Waals surface area contributed by atoms with E-state index in [1.54, 1.807) is 0 Å². The first-order valence-corrected chi connectivity index (χ1v) is 10.2. The lowest BCUT2D eigenvalue weighted by atomic mass is 9.80. The largest absolute Gasteiger partial charge is 0.322 e. The summed E-state index contributed by atoms with van der Waals surface area (Å²) < 4.78 is 0. The Morgan fingerprint density at radius 2 is 1.52 bits per heavy atom. The number of benzene rings is 3. The van der Waals surface area contributed by atoms with E-state index in [-0.39, 0.29) is 17.7 Å². The van der Waals surface area contributed by atoms with Gasteiger partial charge in [-0.25, -0.2) is 0 Å². The topological polar surface area (TPSA) is 58.2 Å². The molecule has 0 spiro atoms. The standard InChI is InChI=1S/C24H18N2O2S/c1-14-11-12-16-18(13-14)26-23(27)21(20(16)15-7-3-2-4-8-15)22-24(28)25-17-9-5-6-10-19(17)29-22/h2-13,20H,1H3,(H,25,28)(H,26,27)/b22-21+/t20-/m1/s1. The number of rotatable bonds is 1. The number of para-hydroxylation sites is 1. The van der Waals surface area contributed by atoms with Crippen LogP contribution in [0.3, 0.4) is 0 Å². The summed E-state index contributed by atoms with van der Waals surface area (Å²) in [5.41, 5.74) is 5.12. The van der Waals surface area contributed by atoms with Crippen molar-refractivity contribution < 1.29 is 9.59 Å². The fourth-order valence-electron chi connectivity index (χ4n) is 3.90. The van der Waals surface area contributed by atoms with E-state index in [9.17, 15) is 9.59 Å². The Balaban J connectivity index is 1.74. The highest BCUT2D eigenvalue weighted by Crippen LogP contribution is 2.47. The Morgan fingerprint density at radius 1 is 0.793 bits per heavy atom. The number of thioether (sulfide) groups is 1. The summed E-state index contributed by atoms with van der Waals surface area (Å²) in [5, 5.41) is 5.94. The van der Waals surface area contributed by atoms with Crippen LogP contribution < -0.4 is 10.6 Å². The lowest BCUT2D eigenvalue weighted by Crippen LogP contribution is -2.31. The molecule has 142 valence electrons. The highest BCUT2D eigenvalue weighted by atomic mass is 32.2. The normalized spacial score (nSPS) is 20.4. The second-order valence-corrected chi connectivity index (χ2v) is 8.24. The average Bonchev–Trinajstić information content (AvgIpc) is 2.73. The first-order chi connectivity index (χ1) is 14.1. The van der Waals surface area contributed by atoms with Crippen LogP contribution in [-0.4, -0.2) is 11.8 Å². The molecule has 0 radical (unpaired) electrons. The first kappa shape index (κ1) is 17.8. The summed E-state index contributed by atoms with van der Waals surface area (Å²) in [6.07, 6.45) is 0. The minimum atomic E-state index is -0.306. The van der Waals surface area contributed by atoms with E-state index >= 15 is 0 Å². The fraction of sp³-hybridized carbons (Fsp3) is 0.0833. The number of aryl methyl sites for hydroxylation is 1. The van der Waals surface area contributed by atoms with E-state index in [2.05, 4.69) is 10.6 Å². The molecular weight excluding hydrogens is 380 g/mol. The third kappa shape index (κ3) is 3.04. The number of carbonyl (C=O) groups excluding carboxylic acids is 2. The van der Waals surface area contributed by atoms with Crippen LogP contribution in [0.25, 0.3) is 0 Å². The van der Waals surface area contributed by atoms with Crippen molar-refractivity contribution in [2.24, 2.45) is 0 Å². The van der Waals surface area contributed by atoms with Gasteiger partial charge in [0.25, 0.3) is 11.8 Å². The molecule has 5 heteroatoms. The zero-order chi connectivity index (χ0) is 20.0. The number of carbonyl (C=O) groups is 2. The molecule has 2 heterocycles. The lowest BCUT2D eigenvalue weighted by molar-refractivity contribution is -0.115. The van der Waals surface area contributed by atoms with Crippen molar-refractivity contribution in [3.05, 3.63) is 100.0 Å². The zero-order valence-corrected chi connectivity index (χ0v) is 16.5. The van der Waals surface area contributed by atoms with Crippen LogP contribution in [0, 0.1) is 6.92 Å². The van der Waals surface area contributed by atoms with Crippen LogP contribution in [0.2, 0.25) is 0 Å². The molecule has 2 amide bonds. The monoisotopic (exact) mass is 398 g/mol. The number of amides is 2. The molecule has 0 unspecified atom stereocenters. The smallest absolute Gasteiger partial charge is 0.262 e. The number of hydrogen-bond acceptors (Lipinski definition) is 3. The number of anilines is 2. The average molecular weight is 398 g/mol. The van der Waals surface area contributed by atoms with Gasteiger partial charge >= 0.3 is 0 Å². The predicted octanol–water partition coefficient (Wildman–Crippen LogP) is 5.08. The highest BCUT2D eigenvalue weighted by Gasteiger charge is 2.37. The van der Waals surface area contributed by atoms with E-state index in [4.69, 9.17) is 0 Å². The van der Waals surface area contributed by atoms with Crippen LogP contribution >= 0.6 is 11.8 Å². The van der Waals surface area contributed by atoms with Crippen molar-refractivity contribution >= 4 is 35.0 Å². The van der Waals surface area contributed by atoms with Crippen LogP contribution in [0.4, 0.5) is 11.4 Å². The maximum absolute atomic E-state index is 13.2. The van der Waals surface area contributed by atoms with Gasteiger partial charge in [-0.1, -0.05) is 66.4 Å². The first-order valence-electron chi connectivity index (χ1n) is 9.41. The van der Waals surface area contributed by atoms with Crippen LogP contribution in [-0.2, 0) is 9.59 Å². The van der Waals surface area contributed by atoms with E-state index in [0.717, 1.165) is 33.0 Å². The maximum atomic E-state index is 13.2. The molecule has 3 aromatic rings. The molecule has 0 saturated carbocycles. The van der Waals surface area contributed by atoms with Gasteiger partial charge in [0.15, 0.2) is 0 Å². The number of hydrogen-bond donors (Lipinski definition) is 2. The molecule has 0 aromatic heterocycles. The molecule has 5 rings (SSSR count). The highest BCUT2D eigenvalue weighted by molar-refractivity contribution is 8.04. The summed E-state index contributed by atoms with van der Waals surface area (Å²) in [6.45, 7) is 2.00. The van der Waals surface area contributed by atoms with Gasteiger partial charge in [0, 0.05) is 22.1 Å². The molecule has 2 aliphatic heterocycles. The van der Waals surface area contributed by atoms with E-state index in [1.165, 1.54) is 11.8 Å². The fourth-order valence-corrected chi connectivity index (χ4v) is 4.96. The summed E-state index contributed by atoms with van der Waals surface area (Å²) in [4.78, 5) is 27.6. The van der Waals surface area contributed by atoms with E-state index < -0.39 is 0 Å². The molecule has 2 N–H and O–H groups in total. The number of fused-ring (bicyclic) bond motifs is 2. The van der Waals surface area contributed by atoms with Crippen LogP contribution in [0.15, 0.2) is 88.2 Å². The molecule has 0 aliphatic carbocycles. The minimum absolute atomic E-state index is 0.228. The van der Waals surface area contributed by atoms with Gasteiger partial charge in [0.1, 0.15) is 0 Å². The minimum Gasteiger partial charge on any atom is -0.322 e. The molecule has 29 heavy (non-hydrogen) atoms. The van der Waals surface area contributed by atoms with Gasteiger partial charge in [-0.2, -0.15) is 0 Å². The van der Waals surface area contributed by atoms with Crippen molar-refractivity contribution in [1.82, 2.24) is 0 Å². The van der Waals surface area contributed by atoms with Crippen LogP contribution in [0.1, 0.15) is 22.6 Å². The molecule has 4 nitrogen and oxygen atoms in total. The second-order valence-electron chi connectivity index (χ2n) is 7.18. The van der Waals surface area contributed by atoms with Crippen molar-refractivity contribution in [2.45, 2.75) is 17.7 Å². The quantitative estimate of drug-likeness (QED) is 0.562. The second kappa shape index (κ2) is 6.94. The number of nitrogens with one attached hydrogen (secondary N) is 2. The Hall–Kier alpha value is -3.31. The summed E-state index contributed by atoms with van der Waals surface area (Å²) in [5.74, 6) is -0.775. The van der Waals surface area contributed by atoms with Gasteiger partial charge in [0.05, 0.1) is 10.6 Å². The molecule has 0 fully saturated rings. The summed E-state index contributed by atoms with van der Waals surface area (Å²) in [6, 6.07) is 23.6. The Kier molecular flexibility index (Phi) is 4.25. The molecule has 0 saturated heterocycles. The Labute approximate surface area is 173 Å². The van der Waals surface area contributed by atoms with Crippen molar-refractivity contribution in [3.63, 3.8) is 0 Å². The van der Waals surface area contributed by atoms with Crippen LogP contribution in [0.5, 0.6) is 0 Å². The Morgan fingerprint density at radius 3 is 2.34 bits per heavy atom. The van der Waals surface area contributed by atoms with Gasteiger partial charge in [0.2, 0.25) is 0 Å². The molecule has 1 atom stereocenters. The Bertz CT molecular complexity index is 1180. The van der Waals surface area contributed by atoms with Crippen molar-refractivity contribution in [2.75, 3.05) is 10.6 Å². The van der Waals surface area contributed by atoms with Gasteiger partial charge in [-0.15, -0.1) is 0 Å². The van der Waals surface area contributed by atoms with E-state index in [0.29, 0.717) is 10.5 Å². The van der Waals surface area contributed by atoms with Gasteiger partial charge in [-0.3, -0.25) is 9.59 Å². The van der Waals surface area contributed by atoms with Crippen molar-refractivity contribution in [1.29, 1.82) is 0 Å². The summed E-state index contributed by atoms with van der Waals surface area (Å²) >= 11 is 1.36. The molecular formula is C24H18N2O2S. The van der Waals surface area contributed by atoms with E-state index in [1.807, 2.05) is 79.7 Å². The molecule has 0 bridgehead atoms. The SMILES string of the molecule is Cc1ccc2c(c1)NC(=O)/C(=C1/Sc3ccccc3NC1=O)[C@@H]2c1ccccc1. The maximum Gasteiger partial charge on any atom is 0.262 e. The van der Waals surface area contributed by atoms with Gasteiger partial charge in [-0.05, 0) is 41.8 Å². The third-order valence-corrected chi connectivity index (χ3v) is 6.42. The third-order valence-electron chi connectivity index (χ3n) is 5.23. The van der Waals surface area contributed by atoms with Crippen molar-refractivity contribution in [3.8, 4) is 0 Å². The lowest BCUT2D eigenvalue weighted by Gasteiger charge is -2.31. The predicted molar refractivity (Wildman–Crippen MR) is 116 cm³/mol. The summed E-state index contributed by atoms with van der Waals surface area (Å²) in [7, 11) is 0. The molecule has 3 aromatic carbocycles. The van der Waals surface area contributed by atoms with Gasteiger partial charge < -0.3 is 10.6 Å².